The molecule has 0 unspecified atom stereocenters. The number of aromatic nitrogens is 1. The number of nitrogens with one attached hydrogen (secondary N) is 1. The topological polar surface area (TPSA) is 64.2 Å². The summed E-state index contributed by atoms with van der Waals surface area (Å²) >= 11 is 1.57. The average Bonchev–Trinajstić information content (AvgIpc) is 3.17. The number of oxazole rings is 1. The minimum absolute atomic E-state index is 0.0550. The highest BCUT2D eigenvalue weighted by molar-refractivity contribution is 7.09. The van der Waals surface area contributed by atoms with Gasteiger partial charge in [-0.15, -0.1) is 11.3 Å². The van der Waals surface area contributed by atoms with Crippen molar-refractivity contribution in [1.82, 2.24) is 9.88 Å². The number of hydrogen-bond acceptors (Lipinski definition) is 4. The minimum atomic E-state index is -0.537. The fraction of sp³-hybridized carbons (Fsp3) is 0.125. The van der Waals surface area contributed by atoms with Crippen molar-refractivity contribution >= 4 is 17.2 Å². The third-order valence-electron chi connectivity index (χ3n) is 3.12. The number of carbonyl (C=O) groups excluding carboxylic acids is 1. The first-order valence-electron chi connectivity index (χ1n) is 6.77. The minimum Gasteiger partial charge on any atom is -0.408 e. The van der Waals surface area contributed by atoms with Crippen LogP contribution >= 0.6 is 11.3 Å². The van der Waals surface area contributed by atoms with E-state index in [0.29, 0.717) is 12.3 Å². The first kappa shape index (κ1) is 14.3. The summed E-state index contributed by atoms with van der Waals surface area (Å²) < 4.78 is 6.45. The zero-order chi connectivity index (χ0) is 15.4. The fourth-order valence-corrected chi connectivity index (χ4v) is 2.67. The first-order valence-corrected chi connectivity index (χ1v) is 7.65. The van der Waals surface area contributed by atoms with Gasteiger partial charge in [0.15, 0.2) is 5.76 Å². The molecule has 1 amide bonds. The van der Waals surface area contributed by atoms with Gasteiger partial charge in [0.05, 0.1) is 12.7 Å². The molecule has 6 heteroatoms. The van der Waals surface area contributed by atoms with E-state index in [1.54, 1.807) is 17.5 Å². The third kappa shape index (κ3) is 3.35. The highest BCUT2D eigenvalue weighted by Crippen LogP contribution is 2.16. The van der Waals surface area contributed by atoms with Crippen molar-refractivity contribution in [3.63, 3.8) is 0 Å². The molecular formula is C16H14N2O3S. The van der Waals surface area contributed by atoms with Gasteiger partial charge >= 0.3 is 5.76 Å². The number of hydrogen-bond donors (Lipinski definition) is 1. The zero-order valence-corrected chi connectivity index (χ0v) is 12.5. The van der Waals surface area contributed by atoms with Gasteiger partial charge in [0.1, 0.15) is 6.54 Å². The second-order valence-electron chi connectivity index (χ2n) is 4.71. The molecule has 0 spiro atoms. The molecule has 2 heterocycles. The standard InChI is InChI=1S/C16H14N2O3S/c19-15(17-9-13-7-4-8-22-13)11-18-10-14(21-16(18)20)12-5-2-1-3-6-12/h1-8,10H,9,11H2,(H,17,19). The van der Waals surface area contributed by atoms with Gasteiger partial charge in [0.2, 0.25) is 5.91 Å². The molecule has 1 aromatic carbocycles. The Balaban J connectivity index is 1.66. The van der Waals surface area contributed by atoms with Gasteiger partial charge in [-0.05, 0) is 11.4 Å². The number of nitrogens with zero attached hydrogens (tertiary/aromatic N) is 1. The van der Waals surface area contributed by atoms with Gasteiger partial charge < -0.3 is 9.73 Å². The number of benzene rings is 1. The summed E-state index contributed by atoms with van der Waals surface area (Å²) in [4.78, 5) is 24.8. The molecule has 0 aliphatic heterocycles. The van der Waals surface area contributed by atoms with Gasteiger partial charge in [-0.2, -0.15) is 0 Å². The number of rotatable bonds is 5. The van der Waals surface area contributed by atoms with E-state index in [0.717, 1.165) is 10.4 Å². The molecule has 5 nitrogen and oxygen atoms in total. The molecule has 0 saturated carbocycles. The number of thiophene rings is 1. The Morgan fingerprint density at radius 1 is 1.18 bits per heavy atom. The van der Waals surface area contributed by atoms with E-state index < -0.39 is 5.76 Å². The maximum absolute atomic E-state index is 11.9. The van der Waals surface area contributed by atoms with Gasteiger partial charge in [-0.25, -0.2) is 4.79 Å². The maximum atomic E-state index is 11.9. The Kier molecular flexibility index (Phi) is 4.20. The molecule has 0 aliphatic carbocycles. The van der Waals surface area contributed by atoms with Crippen molar-refractivity contribution < 1.29 is 9.21 Å². The van der Waals surface area contributed by atoms with E-state index in [4.69, 9.17) is 4.42 Å². The Bertz CT molecular complexity index is 804. The normalized spacial score (nSPS) is 10.5. The molecule has 3 aromatic rings. The molecule has 1 N–H and O–H groups in total. The Labute approximate surface area is 130 Å². The van der Waals surface area contributed by atoms with Crippen molar-refractivity contribution in [1.29, 1.82) is 0 Å². The quantitative estimate of drug-likeness (QED) is 0.787. The molecule has 0 radical (unpaired) electrons. The molecule has 0 bridgehead atoms. The maximum Gasteiger partial charge on any atom is 0.419 e. The van der Waals surface area contributed by atoms with Crippen LogP contribution < -0.4 is 11.1 Å². The van der Waals surface area contributed by atoms with Crippen molar-refractivity contribution in [3.05, 3.63) is 69.5 Å². The summed E-state index contributed by atoms with van der Waals surface area (Å²) in [5.74, 6) is -0.308. The van der Waals surface area contributed by atoms with E-state index in [2.05, 4.69) is 5.32 Å². The van der Waals surface area contributed by atoms with Crippen LogP contribution in [0.4, 0.5) is 0 Å². The lowest BCUT2D eigenvalue weighted by atomic mass is 10.2. The first-order chi connectivity index (χ1) is 10.7. The lowest BCUT2D eigenvalue weighted by Crippen LogP contribution is -2.29. The molecule has 2 aromatic heterocycles. The molecular weight excluding hydrogens is 300 g/mol. The fourth-order valence-electron chi connectivity index (χ4n) is 2.03. The summed E-state index contributed by atoms with van der Waals surface area (Å²) in [6, 6.07) is 13.2. The van der Waals surface area contributed by atoms with E-state index in [-0.39, 0.29) is 12.5 Å². The predicted molar refractivity (Wildman–Crippen MR) is 84.6 cm³/mol. The van der Waals surface area contributed by atoms with Gasteiger partial charge in [-0.3, -0.25) is 9.36 Å². The van der Waals surface area contributed by atoms with E-state index in [9.17, 15) is 9.59 Å². The van der Waals surface area contributed by atoms with Crippen LogP contribution in [0.2, 0.25) is 0 Å². The van der Waals surface area contributed by atoms with E-state index >= 15 is 0 Å². The smallest absolute Gasteiger partial charge is 0.408 e. The molecule has 112 valence electrons. The Hall–Kier alpha value is -2.60. The number of carbonyl (C=O) groups is 1. The van der Waals surface area contributed by atoms with Crippen LogP contribution in [0.1, 0.15) is 4.88 Å². The van der Waals surface area contributed by atoms with Crippen LogP contribution in [0, 0.1) is 0 Å². The van der Waals surface area contributed by atoms with Crippen LogP contribution in [0.3, 0.4) is 0 Å². The van der Waals surface area contributed by atoms with Crippen molar-refractivity contribution in [2.24, 2.45) is 0 Å². The average molecular weight is 314 g/mol. The summed E-state index contributed by atoms with van der Waals surface area (Å²) in [6.07, 6.45) is 1.56. The second-order valence-corrected chi connectivity index (χ2v) is 5.74. The van der Waals surface area contributed by atoms with Crippen molar-refractivity contribution in [2.45, 2.75) is 13.1 Å². The van der Waals surface area contributed by atoms with Crippen molar-refractivity contribution in [2.75, 3.05) is 0 Å². The lowest BCUT2D eigenvalue weighted by molar-refractivity contribution is -0.121. The second kappa shape index (κ2) is 6.44. The Morgan fingerprint density at radius 3 is 2.73 bits per heavy atom. The van der Waals surface area contributed by atoms with Gasteiger partial charge in [0, 0.05) is 10.4 Å². The van der Waals surface area contributed by atoms with Crippen LogP contribution in [0.15, 0.2) is 63.3 Å². The third-order valence-corrected chi connectivity index (χ3v) is 3.99. The summed E-state index contributed by atoms with van der Waals surface area (Å²) in [5, 5.41) is 4.73. The largest absolute Gasteiger partial charge is 0.419 e. The predicted octanol–water partition coefficient (Wildman–Crippen LogP) is 2.49. The number of amides is 1. The van der Waals surface area contributed by atoms with Crippen LogP contribution in [-0.4, -0.2) is 10.5 Å². The highest BCUT2D eigenvalue weighted by Gasteiger charge is 2.11. The molecule has 22 heavy (non-hydrogen) atoms. The van der Waals surface area contributed by atoms with Gasteiger partial charge in [-0.1, -0.05) is 36.4 Å². The molecule has 0 atom stereocenters. The summed E-state index contributed by atoms with van der Waals surface area (Å²) in [7, 11) is 0. The molecule has 0 saturated heterocycles. The highest BCUT2D eigenvalue weighted by atomic mass is 32.1. The van der Waals surface area contributed by atoms with Crippen molar-refractivity contribution in [3.8, 4) is 11.3 Å². The SMILES string of the molecule is O=C(Cn1cc(-c2ccccc2)oc1=O)NCc1cccs1. The van der Waals surface area contributed by atoms with Crippen LogP contribution in [0.5, 0.6) is 0 Å². The Morgan fingerprint density at radius 2 is 2.00 bits per heavy atom. The van der Waals surface area contributed by atoms with E-state index in [1.165, 1.54) is 4.57 Å². The molecule has 0 aliphatic rings. The summed E-state index contributed by atoms with van der Waals surface area (Å²) in [5.41, 5.74) is 0.803. The summed E-state index contributed by atoms with van der Waals surface area (Å²) in [6.45, 7) is 0.412. The monoisotopic (exact) mass is 314 g/mol. The molecule has 3 rings (SSSR count). The zero-order valence-electron chi connectivity index (χ0n) is 11.7. The lowest BCUT2D eigenvalue weighted by Gasteiger charge is -2.02. The van der Waals surface area contributed by atoms with Crippen LogP contribution in [-0.2, 0) is 17.9 Å². The van der Waals surface area contributed by atoms with Gasteiger partial charge in [0.25, 0.3) is 0 Å². The molecule has 0 fully saturated rings. The van der Waals surface area contributed by atoms with Crippen LogP contribution in [0.25, 0.3) is 11.3 Å². The van der Waals surface area contributed by atoms with E-state index in [1.807, 2.05) is 47.8 Å².